The topological polar surface area (TPSA) is 78.8 Å². The Labute approximate surface area is 218 Å². The standard InChI is InChI=1S/C25H29ClN2O6.C2H6/c1-6-19-20(26)12-17(14-28-7-9-33-10-8-28)24(22(19)27-2)34-25(29)16-11-18(15-30-3)23(32-5)21(13-16)31-4;1-2/h6,11-13H,1-2,7-10,14-15H2,3-5H3;1-2H3. The van der Waals surface area contributed by atoms with Crippen LogP contribution in [0.1, 0.15) is 40.9 Å². The van der Waals surface area contributed by atoms with Crippen LogP contribution in [-0.2, 0) is 22.6 Å². The Hall–Kier alpha value is -2.91. The predicted molar refractivity (Wildman–Crippen MR) is 143 cm³/mol. The van der Waals surface area contributed by atoms with Crippen LogP contribution in [0.25, 0.3) is 6.08 Å². The molecule has 0 unspecified atom stereocenters. The Balaban J connectivity index is 0.00000222. The maximum absolute atomic E-state index is 13.3. The van der Waals surface area contributed by atoms with Crippen LogP contribution in [0, 0.1) is 0 Å². The first-order valence-corrected chi connectivity index (χ1v) is 12.1. The van der Waals surface area contributed by atoms with E-state index < -0.39 is 5.97 Å². The molecule has 1 aliphatic heterocycles. The molecule has 2 aromatic carbocycles. The van der Waals surface area contributed by atoms with Crippen LogP contribution in [0.2, 0.25) is 5.02 Å². The second-order valence-electron chi connectivity index (χ2n) is 7.55. The number of benzene rings is 2. The zero-order valence-corrected chi connectivity index (χ0v) is 22.4. The van der Waals surface area contributed by atoms with Crippen molar-refractivity contribution in [2.24, 2.45) is 4.99 Å². The molecule has 196 valence electrons. The summed E-state index contributed by atoms with van der Waals surface area (Å²) in [6.45, 7) is 15.0. The molecule has 1 heterocycles. The molecule has 0 N–H and O–H groups in total. The SMILES string of the molecule is C=Cc1c(Cl)cc(CN2CCOCC2)c(OC(=O)c2cc(COC)c(OC)c(OC)c2)c1N=C.CC. The molecule has 0 aromatic heterocycles. The number of ether oxygens (including phenoxy) is 5. The van der Waals surface area contributed by atoms with Gasteiger partial charge in [0.15, 0.2) is 17.2 Å². The van der Waals surface area contributed by atoms with Gasteiger partial charge in [-0.05, 0) is 24.9 Å². The minimum Gasteiger partial charge on any atom is -0.493 e. The Bertz CT molecular complexity index is 1070. The van der Waals surface area contributed by atoms with Crippen LogP contribution in [0.5, 0.6) is 17.2 Å². The molecule has 0 atom stereocenters. The molecule has 36 heavy (non-hydrogen) atoms. The van der Waals surface area contributed by atoms with Crippen molar-refractivity contribution in [2.45, 2.75) is 27.0 Å². The molecule has 1 saturated heterocycles. The van der Waals surface area contributed by atoms with Crippen LogP contribution in [0.4, 0.5) is 5.69 Å². The van der Waals surface area contributed by atoms with Crippen LogP contribution < -0.4 is 14.2 Å². The first-order chi connectivity index (χ1) is 17.5. The fourth-order valence-electron chi connectivity index (χ4n) is 3.84. The van der Waals surface area contributed by atoms with E-state index in [2.05, 4.69) is 23.2 Å². The second kappa shape index (κ2) is 14.6. The van der Waals surface area contributed by atoms with Gasteiger partial charge >= 0.3 is 5.97 Å². The molecule has 0 aliphatic carbocycles. The summed E-state index contributed by atoms with van der Waals surface area (Å²) in [4.78, 5) is 19.6. The van der Waals surface area contributed by atoms with Crippen LogP contribution in [0.15, 0.2) is 29.8 Å². The van der Waals surface area contributed by atoms with Crippen molar-refractivity contribution in [3.63, 3.8) is 0 Å². The van der Waals surface area contributed by atoms with E-state index in [-0.39, 0.29) is 17.9 Å². The lowest BCUT2D eigenvalue weighted by atomic mass is 10.1. The van der Waals surface area contributed by atoms with E-state index in [1.54, 1.807) is 31.4 Å². The highest BCUT2D eigenvalue weighted by Gasteiger charge is 2.24. The lowest BCUT2D eigenvalue weighted by Crippen LogP contribution is -2.35. The first-order valence-electron chi connectivity index (χ1n) is 11.7. The van der Waals surface area contributed by atoms with Gasteiger partial charge in [-0.15, -0.1) is 0 Å². The third-order valence-corrected chi connectivity index (χ3v) is 5.78. The minimum atomic E-state index is -0.594. The van der Waals surface area contributed by atoms with Crippen molar-refractivity contribution < 1.29 is 28.5 Å². The van der Waals surface area contributed by atoms with Gasteiger partial charge in [-0.3, -0.25) is 9.89 Å². The van der Waals surface area contributed by atoms with Gasteiger partial charge in [0.25, 0.3) is 0 Å². The number of hydrogen-bond acceptors (Lipinski definition) is 8. The van der Waals surface area contributed by atoms with E-state index in [0.717, 1.165) is 13.1 Å². The third kappa shape index (κ3) is 6.85. The smallest absolute Gasteiger partial charge is 0.343 e. The number of nitrogens with zero attached hydrogens (tertiary/aromatic N) is 2. The van der Waals surface area contributed by atoms with Gasteiger partial charge in [-0.1, -0.05) is 38.1 Å². The summed E-state index contributed by atoms with van der Waals surface area (Å²) in [7, 11) is 4.58. The average molecular weight is 519 g/mol. The van der Waals surface area contributed by atoms with Crippen molar-refractivity contribution in [3.8, 4) is 17.2 Å². The summed E-state index contributed by atoms with van der Waals surface area (Å²) in [6.07, 6.45) is 1.56. The van der Waals surface area contributed by atoms with E-state index in [0.29, 0.717) is 58.7 Å². The number of rotatable bonds is 10. The fourth-order valence-corrected chi connectivity index (χ4v) is 4.14. The van der Waals surface area contributed by atoms with Crippen LogP contribution >= 0.6 is 11.6 Å². The summed E-state index contributed by atoms with van der Waals surface area (Å²) >= 11 is 6.50. The zero-order valence-electron chi connectivity index (χ0n) is 21.7. The molecular formula is C27H35ClN2O6. The maximum atomic E-state index is 13.3. The summed E-state index contributed by atoms with van der Waals surface area (Å²) in [5.41, 5.74) is 2.53. The van der Waals surface area contributed by atoms with E-state index in [9.17, 15) is 4.79 Å². The van der Waals surface area contributed by atoms with Gasteiger partial charge in [0.1, 0.15) is 5.69 Å². The normalized spacial score (nSPS) is 13.3. The highest BCUT2D eigenvalue weighted by atomic mass is 35.5. The Kier molecular flexibility index (Phi) is 11.9. The quantitative estimate of drug-likeness (QED) is 0.231. The monoisotopic (exact) mass is 518 g/mol. The molecule has 0 spiro atoms. The van der Waals surface area contributed by atoms with E-state index in [1.807, 2.05) is 13.8 Å². The molecule has 3 rings (SSSR count). The van der Waals surface area contributed by atoms with Crippen molar-refractivity contribution >= 4 is 36.1 Å². The van der Waals surface area contributed by atoms with E-state index in [1.165, 1.54) is 14.2 Å². The molecular weight excluding hydrogens is 484 g/mol. The number of morpholine rings is 1. The number of hydrogen-bond donors (Lipinski definition) is 0. The van der Waals surface area contributed by atoms with Crippen molar-refractivity contribution in [2.75, 3.05) is 47.6 Å². The molecule has 1 fully saturated rings. The minimum absolute atomic E-state index is 0.226. The maximum Gasteiger partial charge on any atom is 0.343 e. The Morgan fingerprint density at radius 3 is 2.36 bits per heavy atom. The molecule has 0 radical (unpaired) electrons. The summed E-state index contributed by atoms with van der Waals surface area (Å²) < 4.78 is 27.5. The van der Waals surface area contributed by atoms with Gasteiger partial charge in [-0.25, -0.2) is 4.79 Å². The van der Waals surface area contributed by atoms with Gasteiger partial charge in [0.05, 0.1) is 44.6 Å². The van der Waals surface area contributed by atoms with E-state index in [4.69, 9.17) is 35.3 Å². The number of halogens is 1. The fraction of sp³-hybridized carbons (Fsp3) is 0.407. The average Bonchev–Trinajstić information content (AvgIpc) is 2.91. The summed E-state index contributed by atoms with van der Waals surface area (Å²) in [5.74, 6) is 0.572. The van der Waals surface area contributed by atoms with Gasteiger partial charge in [0.2, 0.25) is 0 Å². The lowest BCUT2D eigenvalue weighted by Gasteiger charge is -2.28. The third-order valence-electron chi connectivity index (χ3n) is 5.47. The van der Waals surface area contributed by atoms with Crippen LogP contribution in [0.3, 0.4) is 0 Å². The molecule has 2 aromatic rings. The van der Waals surface area contributed by atoms with Gasteiger partial charge < -0.3 is 23.7 Å². The highest BCUT2D eigenvalue weighted by molar-refractivity contribution is 6.32. The molecule has 0 saturated carbocycles. The highest BCUT2D eigenvalue weighted by Crippen LogP contribution is 2.42. The molecule has 0 amide bonds. The lowest BCUT2D eigenvalue weighted by molar-refractivity contribution is 0.0337. The molecule has 1 aliphatic rings. The Morgan fingerprint density at radius 1 is 1.11 bits per heavy atom. The number of carbonyl (C=O) groups is 1. The summed E-state index contributed by atoms with van der Waals surface area (Å²) in [5, 5.41) is 0.453. The van der Waals surface area contributed by atoms with Gasteiger partial charge in [-0.2, -0.15) is 0 Å². The van der Waals surface area contributed by atoms with Crippen molar-refractivity contribution in [1.82, 2.24) is 4.90 Å². The number of aliphatic imine (C=N–C) groups is 1. The zero-order chi connectivity index (χ0) is 26.7. The Morgan fingerprint density at radius 2 is 1.81 bits per heavy atom. The number of carbonyl (C=O) groups excluding carboxylic acids is 1. The van der Waals surface area contributed by atoms with Crippen molar-refractivity contribution in [3.05, 3.63) is 52.1 Å². The van der Waals surface area contributed by atoms with Gasteiger partial charge in [0, 0.05) is 43.4 Å². The summed E-state index contributed by atoms with van der Waals surface area (Å²) in [6, 6.07) is 4.99. The predicted octanol–water partition coefficient (Wildman–Crippen LogP) is 5.56. The van der Waals surface area contributed by atoms with E-state index >= 15 is 0 Å². The second-order valence-corrected chi connectivity index (χ2v) is 7.96. The van der Waals surface area contributed by atoms with Crippen molar-refractivity contribution in [1.29, 1.82) is 0 Å². The largest absolute Gasteiger partial charge is 0.493 e. The number of esters is 1. The van der Waals surface area contributed by atoms with Crippen LogP contribution in [-0.4, -0.2) is 65.2 Å². The first kappa shape index (κ1) is 29.3. The molecule has 0 bridgehead atoms. The number of methoxy groups -OCH3 is 3. The molecule has 8 nitrogen and oxygen atoms in total. The molecule has 9 heteroatoms.